The van der Waals surface area contributed by atoms with Crippen LogP contribution in [0.5, 0.6) is 0 Å². The maximum absolute atomic E-state index is 11.9. The summed E-state index contributed by atoms with van der Waals surface area (Å²) in [7, 11) is 0. The van der Waals surface area contributed by atoms with Gasteiger partial charge < -0.3 is 15.6 Å². The Bertz CT molecular complexity index is 622. The highest BCUT2D eigenvalue weighted by Gasteiger charge is 2.21. The SMILES string of the molecule is CCC(N)(CC)CNC(=O)CCc1nc(-c2ccncc2)no1. The van der Waals surface area contributed by atoms with Gasteiger partial charge in [0.15, 0.2) is 0 Å². The number of aromatic nitrogens is 3. The van der Waals surface area contributed by atoms with Crippen LogP contribution in [-0.2, 0) is 11.2 Å². The first-order valence-electron chi connectivity index (χ1n) is 7.85. The third-order valence-corrected chi connectivity index (χ3v) is 4.02. The third kappa shape index (κ3) is 4.85. The lowest BCUT2D eigenvalue weighted by Crippen LogP contribution is -2.49. The second-order valence-electron chi connectivity index (χ2n) is 5.59. The minimum absolute atomic E-state index is 0.0645. The molecule has 0 saturated carbocycles. The lowest BCUT2D eigenvalue weighted by Gasteiger charge is -2.26. The first-order valence-corrected chi connectivity index (χ1v) is 7.85. The Kier molecular flexibility index (Phi) is 5.81. The van der Waals surface area contributed by atoms with Gasteiger partial charge in [0.1, 0.15) is 0 Å². The highest BCUT2D eigenvalue weighted by Crippen LogP contribution is 2.14. The number of nitrogens with one attached hydrogen (secondary N) is 1. The summed E-state index contributed by atoms with van der Waals surface area (Å²) in [4.78, 5) is 20.1. The summed E-state index contributed by atoms with van der Waals surface area (Å²) in [6, 6.07) is 3.61. The molecule has 0 unspecified atom stereocenters. The molecule has 0 atom stereocenters. The van der Waals surface area contributed by atoms with Crippen LogP contribution in [0.25, 0.3) is 11.4 Å². The van der Waals surface area contributed by atoms with Crippen LogP contribution in [0.2, 0.25) is 0 Å². The van der Waals surface area contributed by atoms with Gasteiger partial charge in [0.25, 0.3) is 0 Å². The zero-order valence-corrected chi connectivity index (χ0v) is 13.6. The Labute approximate surface area is 135 Å². The molecule has 7 heteroatoms. The van der Waals surface area contributed by atoms with E-state index < -0.39 is 0 Å². The number of rotatable bonds is 8. The topological polar surface area (TPSA) is 107 Å². The van der Waals surface area contributed by atoms with Crippen molar-refractivity contribution in [1.82, 2.24) is 20.4 Å². The molecule has 2 heterocycles. The van der Waals surface area contributed by atoms with E-state index in [1.165, 1.54) is 0 Å². The van der Waals surface area contributed by atoms with Gasteiger partial charge in [0.2, 0.25) is 17.6 Å². The lowest BCUT2D eigenvalue weighted by molar-refractivity contribution is -0.121. The molecule has 0 fully saturated rings. The van der Waals surface area contributed by atoms with Crippen molar-refractivity contribution in [2.75, 3.05) is 6.54 Å². The molecule has 0 bridgehead atoms. The van der Waals surface area contributed by atoms with Crippen LogP contribution in [0.15, 0.2) is 29.0 Å². The molecule has 23 heavy (non-hydrogen) atoms. The molecule has 0 aromatic carbocycles. The maximum atomic E-state index is 11.9. The number of aryl methyl sites for hydroxylation is 1. The quantitative estimate of drug-likeness (QED) is 0.767. The molecular weight excluding hydrogens is 294 g/mol. The highest BCUT2D eigenvalue weighted by atomic mass is 16.5. The summed E-state index contributed by atoms with van der Waals surface area (Å²) in [5, 5.41) is 6.78. The molecule has 2 aromatic heterocycles. The highest BCUT2D eigenvalue weighted by molar-refractivity contribution is 5.76. The van der Waals surface area contributed by atoms with Gasteiger partial charge in [-0.05, 0) is 25.0 Å². The molecule has 0 aliphatic carbocycles. The zero-order chi connectivity index (χ0) is 16.7. The van der Waals surface area contributed by atoms with Crippen LogP contribution in [0.1, 0.15) is 39.0 Å². The number of nitrogens with zero attached hydrogens (tertiary/aromatic N) is 3. The van der Waals surface area contributed by atoms with E-state index in [2.05, 4.69) is 20.4 Å². The maximum Gasteiger partial charge on any atom is 0.227 e. The zero-order valence-electron chi connectivity index (χ0n) is 13.6. The summed E-state index contributed by atoms with van der Waals surface area (Å²) < 4.78 is 5.17. The van der Waals surface area contributed by atoms with E-state index in [9.17, 15) is 4.79 Å². The van der Waals surface area contributed by atoms with E-state index in [-0.39, 0.29) is 11.4 Å². The van der Waals surface area contributed by atoms with Crippen molar-refractivity contribution >= 4 is 5.91 Å². The van der Waals surface area contributed by atoms with Gasteiger partial charge in [0.05, 0.1) is 0 Å². The van der Waals surface area contributed by atoms with E-state index in [1.54, 1.807) is 24.5 Å². The number of carbonyl (C=O) groups excluding carboxylic acids is 1. The lowest BCUT2D eigenvalue weighted by atomic mass is 9.94. The van der Waals surface area contributed by atoms with Gasteiger partial charge in [-0.2, -0.15) is 4.98 Å². The van der Waals surface area contributed by atoms with Gasteiger partial charge in [-0.3, -0.25) is 9.78 Å². The molecule has 0 aliphatic heterocycles. The van der Waals surface area contributed by atoms with Crippen molar-refractivity contribution in [2.45, 2.75) is 45.1 Å². The second kappa shape index (κ2) is 7.82. The Balaban J connectivity index is 1.82. The third-order valence-electron chi connectivity index (χ3n) is 4.02. The predicted molar refractivity (Wildman–Crippen MR) is 86.4 cm³/mol. The van der Waals surface area contributed by atoms with E-state index in [0.717, 1.165) is 18.4 Å². The monoisotopic (exact) mass is 317 g/mol. The van der Waals surface area contributed by atoms with Gasteiger partial charge in [-0.15, -0.1) is 0 Å². The number of hydrogen-bond donors (Lipinski definition) is 2. The Morgan fingerprint density at radius 3 is 2.65 bits per heavy atom. The Morgan fingerprint density at radius 2 is 2.00 bits per heavy atom. The average Bonchev–Trinajstić information content (AvgIpc) is 3.07. The van der Waals surface area contributed by atoms with E-state index >= 15 is 0 Å². The Morgan fingerprint density at radius 1 is 1.30 bits per heavy atom. The van der Waals surface area contributed by atoms with Gasteiger partial charge in [-0.1, -0.05) is 19.0 Å². The first-order chi connectivity index (χ1) is 11.1. The van der Waals surface area contributed by atoms with Crippen molar-refractivity contribution in [1.29, 1.82) is 0 Å². The fourth-order valence-corrected chi connectivity index (χ4v) is 2.06. The van der Waals surface area contributed by atoms with E-state index in [1.807, 2.05) is 13.8 Å². The molecule has 3 N–H and O–H groups in total. The summed E-state index contributed by atoms with van der Waals surface area (Å²) in [5.41, 5.74) is 6.65. The van der Waals surface area contributed by atoms with Crippen molar-refractivity contribution < 1.29 is 9.32 Å². The molecule has 7 nitrogen and oxygen atoms in total. The van der Waals surface area contributed by atoms with Crippen LogP contribution >= 0.6 is 0 Å². The average molecular weight is 317 g/mol. The molecule has 0 spiro atoms. The van der Waals surface area contributed by atoms with Crippen molar-refractivity contribution in [3.63, 3.8) is 0 Å². The van der Waals surface area contributed by atoms with Crippen LogP contribution in [0.4, 0.5) is 0 Å². The first kappa shape index (κ1) is 17.1. The minimum atomic E-state index is -0.339. The van der Waals surface area contributed by atoms with Crippen LogP contribution < -0.4 is 11.1 Å². The molecule has 1 amide bonds. The van der Waals surface area contributed by atoms with Crippen LogP contribution in [-0.4, -0.2) is 33.1 Å². The van der Waals surface area contributed by atoms with Gasteiger partial charge in [-0.25, -0.2) is 0 Å². The van der Waals surface area contributed by atoms with E-state index in [4.69, 9.17) is 10.3 Å². The number of pyridine rings is 1. The van der Waals surface area contributed by atoms with Crippen LogP contribution in [0.3, 0.4) is 0 Å². The largest absolute Gasteiger partial charge is 0.354 e. The number of amides is 1. The van der Waals surface area contributed by atoms with Crippen molar-refractivity contribution in [3.8, 4) is 11.4 Å². The van der Waals surface area contributed by atoms with Gasteiger partial charge >= 0.3 is 0 Å². The van der Waals surface area contributed by atoms with E-state index in [0.29, 0.717) is 31.1 Å². The summed E-state index contributed by atoms with van der Waals surface area (Å²) in [5.74, 6) is 0.878. The molecule has 124 valence electrons. The second-order valence-corrected chi connectivity index (χ2v) is 5.59. The molecule has 0 aliphatic rings. The molecule has 2 rings (SSSR count). The normalized spacial score (nSPS) is 11.4. The van der Waals surface area contributed by atoms with Crippen molar-refractivity contribution in [3.05, 3.63) is 30.4 Å². The summed E-state index contributed by atoms with van der Waals surface area (Å²) >= 11 is 0. The number of hydrogen-bond acceptors (Lipinski definition) is 6. The summed E-state index contributed by atoms with van der Waals surface area (Å²) in [6.45, 7) is 4.52. The standard InChI is InChI=1S/C16H23N5O2/c1-3-16(17,4-2)11-19-13(22)5-6-14-20-15(21-23-14)12-7-9-18-10-8-12/h7-10H,3-6,11,17H2,1-2H3,(H,19,22). The fourth-order valence-electron chi connectivity index (χ4n) is 2.06. The predicted octanol–water partition coefficient (Wildman–Crippen LogP) is 1.70. The molecule has 0 radical (unpaired) electrons. The van der Waals surface area contributed by atoms with Crippen molar-refractivity contribution in [2.24, 2.45) is 5.73 Å². The van der Waals surface area contributed by atoms with Gasteiger partial charge in [0, 0.05) is 42.9 Å². The minimum Gasteiger partial charge on any atom is -0.354 e. The fraction of sp³-hybridized carbons (Fsp3) is 0.500. The number of carbonyl (C=O) groups is 1. The Hall–Kier alpha value is -2.28. The molecular formula is C16H23N5O2. The number of nitrogens with two attached hydrogens (primary N) is 1. The smallest absolute Gasteiger partial charge is 0.227 e. The molecule has 2 aromatic rings. The molecule has 0 saturated heterocycles. The van der Waals surface area contributed by atoms with Crippen LogP contribution in [0, 0.1) is 0 Å². The summed E-state index contributed by atoms with van der Waals surface area (Å²) in [6.07, 6.45) is 5.67.